The lowest BCUT2D eigenvalue weighted by atomic mass is 9.98. The Bertz CT molecular complexity index is 1300. The Morgan fingerprint density at radius 3 is 2.19 bits per heavy atom. The number of piperidine rings is 1. The van der Waals surface area contributed by atoms with Gasteiger partial charge in [-0.3, -0.25) is 9.10 Å². The molecule has 1 amide bonds. The van der Waals surface area contributed by atoms with Gasteiger partial charge in [0.15, 0.2) is 0 Å². The van der Waals surface area contributed by atoms with E-state index in [4.69, 9.17) is 0 Å². The Morgan fingerprint density at radius 1 is 1.00 bits per heavy atom. The molecule has 1 N–H and O–H groups in total. The zero-order valence-corrected chi connectivity index (χ0v) is 22.3. The number of nitrogens with zero attached hydrogens (tertiary/aromatic N) is 2. The third-order valence-electron chi connectivity index (χ3n) is 6.93. The molecule has 1 aliphatic heterocycles. The quantitative estimate of drug-likeness (QED) is 0.427. The summed E-state index contributed by atoms with van der Waals surface area (Å²) >= 11 is 0. The highest BCUT2D eigenvalue weighted by Crippen LogP contribution is 2.26. The molecule has 0 bridgehead atoms. The number of anilines is 2. The van der Waals surface area contributed by atoms with Crippen LogP contribution in [0.4, 0.5) is 15.8 Å². The fourth-order valence-electron chi connectivity index (χ4n) is 4.50. The standard InChI is InChI=1S/C29H34FN3O3S/c1-21-4-10-27(11-5-21)33(37(35,36)28-14-8-25(30)9-15-28)20-29(34)31-23(3)24-6-12-26(13-7-24)32-18-16-22(2)17-19-32/h4-15,22-23H,16-20H2,1-3H3,(H,31,34). The molecular formula is C29H34FN3O3S. The lowest BCUT2D eigenvalue weighted by molar-refractivity contribution is -0.120. The number of aryl methyl sites for hydroxylation is 1. The number of benzene rings is 3. The molecule has 3 aromatic carbocycles. The largest absolute Gasteiger partial charge is 0.372 e. The van der Waals surface area contributed by atoms with Crippen LogP contribution in [0.2, 0.25) is 0 Å². The average Bonchev–Trinajstić information content (AvgIpc) is 2.88. The molecule has 0 saturated carbocycles. The van der Waals surface area contributed by atoms with Crippen LogP contribution in [0.1, 0.15) is 43.9 Å². The lowest BCUT2D eigenvalue weighted by Gasteiger charge is -2.32. The fourth-order valence-corrected chi connectivity index (χ4v) is 5.92. The molecule has 1 fully saturated rings. The van der Waals surface area contributed by atoms with Gasteiger partial charge in [0.05, 0.1) is 16.6 Å². The number of rotatable bonds is 8. The van der Waals surface area contributed by atoms with Crippen molar-refractivity contribution in [2.24, 2.45) is 5.92 Å². The van der Waals surface area contributed by atoms with Crippen LogP contribution in [0.3, 0.4) is 0 Å². The first kappa shape index (κ1) is 26.7. The van der Waals surface area contributed by atoms with Crippen LogP contribution in [0.25, 0.3) is 0 Å². The van der Waals surface area contributed by atoms with Gasteiger partial charge in [-0.25, -0.2) is 12.8 Å². The highest BCUT2D eigenvalue weighted by Gasteiger charge is 2.28. The van der Waals surface area contributed by atoms with Crippen molar-refractivity contribution < 1.29 is 17.6 Å². The molecule has 196 valence electrons. The second-order valence-electron chi connectivity index (χ2n) is 9.85. The first-order valence-corrected chi connectivity index (χ1v) is 14.1. The Morgan fingerprint density at radius 2 is 1.59 bits per heavy atom. The van der Waals surface area contributed by atoms with Crippen LogP contribution < -0.4 is 14.5 Å². The lowest BCUT2D eigenvalue weighted by Crippen LogP contribution is -2.41. The van der Waals surface area contributed by atoms with Crippen molar-refractivity contribution in [2.75, 3.05) is 28.8 Å². The summed E-state index contributed by atoms with van der Waals surface area (Å²) in [4.78, 5) is 15.4. The Kier molecular flexibility index (Phi) is 8.17. The van der Waals surface area contributed by atoms with E-state index in [0.29, 0.717) is 5.69 Å². The second kappa shape index (κ2) is 11.3. The number of hydrogen-bond donors (Lipinski definition) is 1. The van der Waals surface area contributed by atoms with E-state index in [-0.39, 0.29) is 10.9 Å². The summed E-state index contributed by atoms with van der Waals surface area (Å²) in [5.74, 6) is -0.210. The molecular weight excluding hydrogens is 489 g/mol. The van der Waals surface area contributed by atoms with Gasteiger partial charge in [-0.1, -0.05) is 36.8 Å². The normalized spacial score (nSPS) is 15.3. The number of carbonyl (C=O) groups excluding carboxylic acids is 1. The number of hydrogen-bond acceptors (Lipinski definition) is 4. The predicted molar refractivity (Wildman–Crippen MR) is 146 cm³/mol. The molecule has 3 aromatic rings. The Hall–Kier alpha value is -3.39. The summed E-state index contributed by atoms with van der Waals surface area (Å²) in [5.41, 5.74) is 3.43. The van der Waals surface area contributed by atoms with Crippen molar-refractivity contribution in [1.82, 2.24) is 5.32 Å². The second-order valence-corrected chi connectivity index (χ2v) is 11.7. The Labute approximate surface area is 219 Å². The van der Waals surface area contributed by atoms with Crippen molar-refractivity contribution in [2.45, 2.75) is 44.6 Å². The van der Waals surface area contributed by atoms with E-state index >= 15 is 0 Å². The van der Waals surface area contributed by atoms with Crippen LogP contribution in [0.15, 0.2) is 77.7 Å². The van der Waals surface area contributed by atoms with E-state index < -0.39 is 28.3 Å². The molecule has 0 aliphatic carbocycles. The van der Waals surface area contributed by atoms with Crippen molar-refractivity contribution in [3.8, 4) is 0 Å². The molecule has 1 unspecified atom stereocenters. The van der Waals surface area contributed by atoms with E-state index in [1.807, 2.05) is 26.0 Å². The summed E-state index contributed by atoms with van der Waals surface area (Å²) in [6, 6.07) is 19.3. The van der Waals surface area contributed by atoms with E-state index in [9.17, 15) is 17.6 Å². The van der Waals surface area contributed by atoms with Gasteiger partial charge >= 0.3 is 0 Å². The number of nitrogens with one attached hydrogen (secondary N) is 1. The zero-order valence-electron chi connectivity index (χ0n) is 21.5. The third kappa shape index (κ3) is 6.49. The van der Waals surface area contributed by atoms with Gasteiger partial charge in [-0.05, 0) is 86.7 Å². The maximum absolute atomic E-state index is 13.4. The van der Waals surface area contributed by atoms with Gasteiger partial charge < -0.3 is 10.2 Å². The summed E-state index contributed by atoms with van der Waals surface area (Å²) in [5, 5.41) is 2.93. The SMILES string of the molecule is Cc1ccc(N(CC(=O)NC(C)c2ccc(N3CCC(C)CC3)cc2)S(=O)(=O)c2ccc(F)cc2)cc1. The minimum Gasteiger partial charge on any atom is -0.372 e. The topological polar surface area (TPSA) is 69.7 Å². The van der Waals surface area contributed by atoms with Gasteiger partial charge in [-0.15, -0.1) is 0 Å². The Balaban J connectivity index is 1.48. The summed E-state index contributed by atoms with van der Waals surface area (Å²) in [6.45, 7) is 7.75. The minimum atomic E-state index is -4.10. The summed E-state index contributed by atoms with van der Waals surface area (Å²) in [6.07, 6.45) is 2.37. The molecule has 6 nitrogen and oxygen atoms in total. The number of sulfonamides is 1. The summed E-state index contributed by atoms with van der Waals surface area (Å²) in [7, 11) is -4.10. The smallest absolute Gasteiger partial charge is 0.264 e. The van der Waals surface area contributed by atoms with Gasteiger partial charge in [0.2, 0.25) is 5.91 Å². The van der Waals surface area contributed by atoms with Crippen molar-refractivity contribution in [3.63, 3.8) is 0 Å². The molecule has 1 aliphatic rings. The van der Waals surface area contributed by atoms with Crippen LogP contribution in [0.5, 0.6) is 0 Å². The van der Waals surface area contributed by atoms with Gasteiger partial charge in [-0.2, -0.15) is 0 Å². The van der Waals surface area contributed by atoms with Crippen molar-refractivity contribution >= 4 is 27.3 Å². The highest BCUT2D eigenvalue weighted by atomic mass is 32.2. The fraction of sp³-hybridized carbons (Fsp3) is 0.345. The third-order valence-corrected chi connectivity index (χ3v) is 8.72. The first-order chi connectivity index (χ1) is 17.6. The maximum Gasteiger partial charge on any atom is 0.264 e. The van der Waals surface area contributed by atoms with E-state index in [1.165, 1.54) is 30.7 Å². The first-order valence-electron chi connectivity index (χ1n) is 12.6. The number of amides is 1. The van der Waals surface area contributed by atoms with Gasteiger partial charge in [0, 0.05) is 18.8 Å². The van der Waals surface area contributed by atoms with Crippen LogP contribution in [0, 0.1) is 18.7 Å². The maximum atomic E-state index is 13.4. The van der Waals surface area contributed by atoms with Gasteiger partial charge in [0.25, 0.3) is 10.0 Å². The molecule has 8 heteroatoms. The van der Waals surface area contributed by atoms with Crippen LogP contribution in [-0.2, 0) is 14.8 Å². The average molecular weight is 524 g/mol. The monoisotopic (exact) mass is 523 g/mol. The van der Waals surface area contributed by atoms with E-state index in [1.54, 1.807) is 24.3 Å². The molecule has 0 radical (unpaired) electrons. The van der Waals surface area contributed by atoms with Crippen LogP contribution in [-0.4, -0.2) is 34.0 Å². The number of halogens is 1. The van der Waals surface area contributed by atoms with Crippen molar-refractivity contribution in [1.29, 1.82) is 0 Å². The molecule has 37 heavy (non-hydrogen) atoms. The van der Waals surface area contributed by atoms with E-state index in [2.05, 4.69) is 29.3 Å². The molecule has 0 spiro atoms. The van der Waals surface area contributed by atoms with Crippen molar-refractivity contribution in [3.05, 3.63) is 89.7 Å². The van der Waals surface area contributed by atoms with Crippen LogP contribution >= 0.6 is 0 Å². The molecule has 0 aromatic heterocycles. The van der Waals surface area contributed by atoms with E-state index in [0.717, 1.165) is 46.6 Å². The molecule has 1 saturated heterocycles. The minimum absolute atomic E-state index is 0.0852. The molecule has 4 rings (SSSR count). The van der Waals surface area contributed by atoms with Gasteiger partial charge in [0.1, 0.15) is 12.4 Å². The number of carbonyl (C=O) groups is 1. The summed E-state index contributed by atoms with van der Waals surface area (Å²) < 4.78 is 41.4. The molecule has 1 atom stereocenters. The molecule has 1 heterocycles. The zero-order chi connectivity index (χ0) is 26.6. The predicted octanol–water partition coefficient (Wildman–Crippen LogP) is 5.44. The highest BCUT2D eigenvalue weighted by molar-refractivity contribution is 7.92.